The molecule has 102 valence electrons. The van der Waals surface area contributed by atoms with E-state index in [1.807, 2.05) is 0 Å². The van der Waals surface area contributed by atoms with Crippen LogP contribution in [-0.2, 0) is 4.79 Å². The van der Waals surface area contributed by atoms with Crippen molar-refractivity contribution in [1.29, 1.82) is 0 Å². The van der Waals surface area contributed by atoms with Crippen LogP contribution in [0.5, 0.6) is 0 Å². The quantitative estimate of drug-likeness (QED) is 0.606. The fraction of sp³-hybridized carbons (Fsp3) is 0.333. The third-order valence-electron chi connectivity index (χ3n) is 2.53. The van der Waals surface area contributed by atoms with Gasteiger partial charge in [0.15, 0.2) is 0 Å². The molecule has 1 aromatic rings. The van der Waals surface area contributed by atoms with E-state index in [-0.39, 0.29) is 29.3 Å². The Bertz CT molecular complexity index is 514. The number of carbonyl (C=O) groups excluding carboxylic acids is 2. The number of benzene rings is 1. The summed E-state index contributed by atoms with van der Waals surface area (Å²) in [6.45, 7) is 3.59. The molecule has 2 N–H and O–H groups in total. The van der Waals surface area contributed by atoms with Crippen molar-refractivity contribution in [1.82, 2.24) is 10.6 Å². The van der Waals surface area contributed by atoms with Crippen molar-refractivity contribution in [3.63, 3.8) is 0 Å². The predicted octanol–water partition coefficient (Wildman–Crippen LogP) is 0.769. The maximum absolute atomic E-state index is 11.8. The molecule has 1 rings (SSSR count). The standard InChI is InChI=1S/C12H15N3O4/c1-3-13-11(16)7-14-12(17)9-5-4-6-10(8(9)2)15(18)19/h4-6H,3,7H2,1-2H3,(H,13,16)(H,14,17). The summed E-state index contributed by atoms with van der Waals surface area (Å²) in [5.41, 5.74) is 0.352. The number of hydrogen-bond donors (Lipinski definition) is 2. The third kappa shape index (κ3) is 3.77. The van der Waals surface area contributed by atoms with Crippen molar-refractivity contribution in [2.24, 2.45) is 0 Å². The molecule has 1 aromatic carbocycles. The van der Waals surface area contributed by atoms with E-state index in [0.29, 0.717) is 6.54 Å². The van der Waals surface area contributed by atoms with Crippen LogP contribution in [0.3, 0.4) is 0 Å². The van der Waals surface area contributed by atoms with E-state index in [4.69, 9.17) is 0 Å². The second kappa shape index (κ2) is 6.48. The van der Waals surface area contributed by atoms with Gasteiger partial charge in [-0.25, -0.2) is 0 Å². The number of nitro benzene ring substituents is 1. The summed E-state index contributed by atoms with van der Waals surface area (Å²) < 4.78 is 0. The molecule has 0 fully saturated rings. The zero-order valence-corrected chi connectivity index (χ0v) is 10.7. The van der Waals surface area contributed by atoms with Gasteiger partial charge in [-0.2, -0.15) is 0 Å². The minimum absolute atomic E-state index is 0.120. The van der Waals surface area contributed by atoms with Gasteiger partial charge in [0.2, 0.25) is 5.91 Å². The van der Waals surface area contributed by atoms with Crippen molar-refractivity contribution < 1.29 is 14.5 Å². The highest BCUT2D eigenvalue weighted by Crippen LogP contribution is 2.20. The van der Waals surface area contributed by atoms with Gasteiger partial charge in [0.25, 0.3) is 11.6 Å². The topological polar surface area (TPSA) is 101 Å². The van der Waals surface area contributed by atoms with Gasteiger partial charge in [0.05, 0.1) is 11.5 Å². The minimum Gasteiger partial charge on any atom is -0.355 e. The van der Waals surface area contributed by atoms with Crippen LogP contribution in [0, 0.1) is 17.0 Å². The monoisotopic (exact) mass is 265 g/mol. The Labute approximate surface area is 110 Å². The van der Waals surface area contributed by atoms with Gasteiger partial charge in [0.1, 0.15) is 0 Å². The van der Waals surface area contributed by atoms with Crippen LogP contribution in [0.15, 0.2) is 18.2 Å². The fourth-order valence-electron chi connectivity index (χ4n) is 1.58. The smallest absolute Gasteiger partial charge is 0.273 e. The molecule has 19 heavy (non-hydrogen) atoms. The molecule has 0 saturated carbocycles. The fourth-order valence-corrected chi connectivity index (χ4v) is 1.58. The Balaban J connectivity index is 2.80. The Kier molecular flexibility index (Phi) is 4.99. The normalized spacial score (nSPS) is 9.79. The molecule has 7 heteroatoms. The molecule has 0 radical (unpaired) electrons. The summed E-state index contributed by atoms with van der Waals surface area (Å²) in [7, 11) is 0. The Hall–Kier alpha value is -2.44. The third-order valence-corrected chi connectivity index (χ3v) is 2.53. The van der Waals surface area contributed by atoms with Crippen molar-refractivity contribution >= 4 is 17.5 Å². The first-order chi connectivity index (χ1) is 8.97. The number of hydrogen-bond acceptors (Lipinski definition) is 4. The average Bonchev–Trinajstić information content (AvgIpc) is 2.36. The second-order valence-corrected chi connectivity index (χ2v) is 3.84. The van der Waals surface area contributed by atoms with E-state index in [9.17, 15) is 19.7 Å². The molecule has 0 saturated heterocycles. The summed E-state index contributed by atoms with van der Waals surface area (Å²) in [6, 6.07) is 4.25. The molecule has 0 unspecified atom stereocenters. The van der Waals surface area contributed by atoms with Crippen molar-refractivity contribution in [3.8, 4) is 0 Å². The lowest BCUT2D eigenvalue weighted by atomic mass is 10.1. The van der Waals surface area contributed by atoms with Gasteiger partial charge in [-0.3, -0.25) is 19.7 Å². The first-order valence-corrected chi connectivity index (χ1v) is 5.76. The molecule has 0 heterocycles. The Morgan fingerprint density at radius 1 is 1.32 bits per heavy atom. The van der Waals surface area contributed by atoms with Gasteiger partial charge < -0.3 is 10.6 Å². The van der Waals surface area contributed by atoms with Crippen molar-refractivity contribution in [3.05, 3.63) is 39.4 Å². The zero-order valence-electron chi connectivity index (χ0n) is 10.7. The maximum atomic E-state index is 11.8. The number of nitrogens with one attached hydrogen (secondary N) is 2. The van der Waals surface area contributed by atoms with Crippen LogP contribution in [0.25, 0.3) is 0 Å². The van der Waals surface area contributed by atoms with Crippen molar-refractivity contribution in [2.45, 2.75) is 13.8 Å². The molecule has 0 spiro atoms. The number of amides is 2. The van der Waals surface area contributed by atoms with Crippen LogP contribution in [-0.4, -0.2) is 29.8 Å². The molecule has 0 aromatic heterocycles. The molecule has 0 bridgehead atoms. The van der Waals surface area contributed by atoms with Crippen LogP contribution < -0.4 is 10.6 Å². The van der Waals surface area contributed by atoms with Gasteiger partial charge >= 0.3 is 0 Å². The van der Waals surface area contributed by atoms with Crippen LogP contribution in [0.2, 0.25) is 0 Å². The highest BCUT2D eigenvalue weighted by molar-refractivity contribution is 5.98. The molecular weight excluding hydrogens is 250 g/mol. The summed E-state index contributed by atoms with van der Waals surface area (Å²) in [5, 5.41) is 15.7. The van der Waals surface area contributed by atoms with E-state index >= 15 is 0 Å². The summed E-state index contributed by atoms with van der Waals surface area (Å²) in [5.74, 6) is -0.814. The molecule has 0 atom stereocenters. The number of nitro groups is 1. The summed E-state index contributed by atoms with van der Waals surface area (Å²) >= 11 is 0. The minimum atomic E-state index is -0.546. The summed E-state index contributed by atoms with van der Waals surface area (Å²) in [4.78, 5) is 33.3. The van der Waals surface area contributed by atoms with Crippen LogP contribution in [0.4, 0.5) is 5.69 Å². The first kappa shape index (κ1) is 14.6. The van der Waals surface area contributed by atoms with E-state index in [1.54, 1.807) is 6.92 Å². The average molecular weight is 265 g/mol. The van der Waals surface area contributed by atoms with E-state index in [2.05, 4.69) is 10.6 Å². The lowest BCUT2D eigenvalue weighted by Crippen LogP contribution is -2.37. The molecular formula is C12H15N3O4. The van der Waals surface area contributed by atoms with Gasteiger partial charge in [0, 0.05) is 23.7 Å². The number of likely N-dealkylation sites (N-methyl/N-ethyl adjacent to an activating group) is 1. The lowest BCUT2D eigenvalue weighted by molar-refractivity contribution is -0.385. The predicted molar refractivity (Wildman–Crippen MR) is 68.9 cm³/mol. The zero-order chi connectivity index (χ0) is 14.4. The number of nitrogens with zero attached hydrogens (tertiary/aromatic N) is 1. The Morgan fingerprint density at radius 3 is 2.58 bits per heavy atom. The van der Waals surface area contributed by atoms with E-state index in [0.717, 1.165) is 0 Å². The SMILES string of the molecule is CCNC(=O)CNC(=O)c1cccc([N+](=O)[O-])c1C. The number of rotatable bonds is 5. The van der Waals surface area contributed by atoms with E-state index < -0.39 is 10.8 Å². The second-order valence-electron chi connectivity index (χ2n) is 3.84. The van der Waals surface area contributed by atoms with E-state index in [1.165, 1.54) is 25.1 Å². The lowest BCUT2D eigenvalue weighted by Gasteiger charge is -2.07. The summed E-state index contributed by atoms with van der Waals surface area (Å²) in [6.07, 6.45) is 0. The largest absolute Gasteiger partial charge is 0.355 e. The maximum Gasteiger partial charge on any atom is 0.273 e. The van der Waals surface area contributed by atoms with Gasteiger partial charge in [-0.05, 0) is 19.9 Å². The molecule has 7 nitrogen and oxygen atoms in total. The molecule has 0 aliphatic heterocycles. The van der Waals surface area contributed by atoms with Crippen LogP contribution >= 0.6 is 0 Å². The highest BCUT2D eigenvalue weighted by Gasteiger charge is 2.18. The molecule has 2 amide bonds. The molecule has 0 aliphatic rings. The highest BCUT2D eigenvalue weighted by atomic mass is 16.6. The molecule has 0 aliphatic carbocycles. The van der Waals surface area contributed by atoms with Crippen LogP contribution in [0.1, 0.15) is 22.8 Å². The Morgan fingerprint density at radius 2 is 2.00 bits per heavy atom. The van der Waals surface area contributed by atoms with Crippen molar-refractivity contribution in [2.75, 3.05) is 13.1 Å². The number of carbonyl (C=O) groups is 2. The van der Waals surface area contributed by atoms with Gasteiger partial charge in [-0.15, -0.1) is 0 Å². The van der Waals surface area contributed by atoms with Gasteiger partial charge in [-0.1, -0.05) is 6.07 Å². The first-order valence-electron chi connectivity index (χ1n) is 5.76.